The quantitative estimate of drug-likeness (QED) is 0.694. The number of nitrogens with zero attached hydrogens (tertiary/aromatic N) is 1. The monoisotopic (exact) mass is 283 g/mol. The molecule has 0 spiro atoms. The minimum atomic E-state index is -0.907. The molecule has 1 aromatic rings. The molecular formula is C13H18FN3O3. The topological polar surface area (TPSA) is 95.7 Å². The van der Waals surface area contributed by atoms with Gasteiger partial charge in [0, 0.05) is 18.8 Å². The van der Waals surface area contributed by atoms with Crippen LogP contribution in [0.1, 0.15) is 13.3 Å². The predicted octanol–water partition coefficient (Wildman–Crippen LogP) is 1.02. The summed E-state index contributed by atoms with van der Waals surface area (Å²) in [5, 5.41) is 11.0. The van der Waals surface area contributed by atoms with Crippen molar-refractivity contribution < 1.29 is 19.1 Å². The SMILES string of the molecule is CCN(CCC(=O)O)c1ccc(NC(=O)CN)c(F)c1. The summed E-state index contributed by atoms with van der Waals surface area (Å²) in [4.78, 5) is 23.4. The second-order valence-electron chi connectivity index (χ2n) is 4.14. The van der Waals surface area contributed by atoms with Crippen molar-refractivity contribution in [2.75, 3.05) is 29.9 Å². The summed E-state index contributed by atoms with van der Waals surface area (Å²) in [6, 6.07) is 4.32. The number of carboxylic acids is 1. The van der Waals surface area contributed by atoms with Crippen molar-refractivity contribution in [3.05, 3.63) is 24.0 Å². The predicted molar refractivity (Wildman–Crippen MR) is 74.2 cm³/mol. The maximum absolute atomic E-state index is 13.8. The molecule has 110 valence electrons. The van der Waals surface area contributed by atoms with E-state index >= 15 is 0 Å². The average molecular weight is 283 g/mol. The lowest BCUT2D eigenvalue weighted by atomic mass is 10.2. The zero-order chi connectivity index (χ0) is 15.1. The lowest BCUT2D eigenvalue weighted by Gasteiger charge is -2.22. The van der Waals surface area contributed by atoms with Gasteiger partial charge >= 0.3 is 5.97 Å². The van der Waals surface area contributed by atoms with Gasteiger partial charge < -0.3 is 21.1 Å². The zero-order valence-electron chi connectivity index (χ0n) is 11.2. The third kappa shape index (κ3) is 4.51. The second-order valence-corrected chi connectivity index (χ2v) is 4.14. The zero-order valence-corrected chi connectivity index (χ0v) is 11.2. The number of nitrogens with one attached hydrogen (secondary N) is 1. The van der Waals surface area contributed by atoms with Gasteiger partial charge in [-0.05, 0) is 25.1 Å². The van der Waals surface area contributed by atoms with Gasteiger partial charge in [-0.25, -0.2) is 4.39 Å². The number of carbonyl (C=O) groups is 2. The Hall–Kier alpha value is -2.15. The summed E-state index contributed by atoms with van der Waals surface area (Å²) in [7, 11) is 0. The molecule has 1 amide bonds. The highest BCUT2D eigenvalue weighted by molar-refractivity contribution is 5.92. The second kappa shape index (κ2) is 7.44. The molecule has 6 nitrogen and oxygen atoms in total. The summed E-state index contributed by atoms with van der Waals surface area (Å²) in [6.07, 6.45) is -0.0267. The van der Waals surface area contributed by atoms with Gasteiger partial charge in [-0.2, -0.15) is 0 Å². The molecule has 1 aromatic carbocycles. The standard InChI is InChI=1S/C13H18FN3O3/c1-2-17(6-5-13(19)20)9-3-4-11(10(14)7-9)16-12(18)8-15/h3-4,7H,2,5-6,8,15H2,1H3,(H,16,18)(H,19,20). The molecule has 0 aliphatic rings. The van der Waals surface area contributed by atoms with Crippen molar-refractivity contribution in [3.63, 3.8) is 0 Å². The molecular weight excluding hydrogens is 265 g/mol. The molecule has 0 saturated carbocycles. The number of halogens is 1. The highest BCUT2D eigenvalue weighted by atomic mass is 19.1. The number of benzene rings is 1. The lowest BCUT2D eigenvalue weighted by Crippen LogP contribution is -2.26. The highest BCUT2D eigenvalue weighted by Crippen LogP contribution is 2.22. The van der Waals surface area contributed by atoms with Gasteiger partial charge in [-0.15, -0.1) is 0 Å². The van der Waals surface area contributed by atoms with E-state index in [0.29, 0.717) is 18.8 Å². The first-order valence-corrected chi connectivity index (χ1v) is 6.24. The summed E-state index contributed by atoms with van der Waals surface area (Å²) in [5.74, 6) is -1.97. The highest BCUT2D eigenvalue weighted by Gasteiger charge is 2.11. The number of nitrogens with two attached hydrogens (primary N) is 1. The number of hydrogen-bond donors (Lipinski definition) is 3. The van der Waals surface area contributed by atoms with Gasteiger partial charge in [0.25, 0.3) is 0 Å². The maximum atomic E-state index is 13.8. The molecule has 20 heavy (non-hydrogen) atoms. The van der Waals surface area contributed by atoms with E-state index in [9.17, 15) is 14.0 Å². The van der Waals surface area contributed by atoms with Gasteiger partial charge in [0.1, 0.15) is 5.82 Å². The number of carbonyl (C=O) groups excluding carboxylic acids is 1. The Labute approximate surface area is 116 Å². The average Bonchev–Trinajstić information content (AvgIpc) is 2.41. The molecule has 0 fully saturated rings. The van der Waals surface area contributed by atoms with E-state index in [1.54, 1.807) is 11.0 Å². The molecule has 0 aliphatic heterocycles. The fourth-order valence-corrected chi connectivity index (χ4v) is 1.70. The number of rotatable bonds is 7. The van der Waals surface area contributed by atoms with E-state index in [0.717, 1.165) is 0 Å². The summed E-state index contributed by atoms with van der Waals surface area (Å²) in [5.41, 5.74) is 5.76. The van der Waals surface area contributed by atoms with Crippen LogP contribution in [0.5, 0.6) is 0 Å². The first kappa shape index (κ1) is 15.9. The van der Waals surface area contributed by atoms with E-state index in [1.807, 2.05) is 6.92 Å². The van der Waals surface area contributed by atoms with E-state index < -0.39 is 17.7 Å². The van der Waals surface area contributed by atoms with Crippen molar-refractivity contribution in [3.8, 4) is 0 Å². The molecule has 0 atom stereocenters. The number of carboxylic acid groups (broad SMARTS) is 1. The van der Waals surface area contributed by atoms with Crippen molar-refractivity contribution >= 4 is 23.3 Å². The minimum Gasteiger partial charge on any atom is -0.481 e. The normalized spacial score (nSPS) is 10.2. The fraction of sp³-hybridized carbons (Fsp3) is 0.385. The lowest BCUT2D eigenvalue weighted by molar-refractivity contribution is -0.136. The molecule has 7 heteroatoms. The van der Waals surface area contributed by atoms with Crippen molar-refractivity contribution in [2.45, 2.75) is 13.3 Å². The van der Waals surface area contributed by atoms with Crippen LogP contribution in [0.25, 0.3) is 0 Å². The number of hydrogen-bond acceptors (Lipinski definition) is 4. The van der Waals surface area contributed by atoms with Crippen molar-refractivity contribution in [1.29, 1.82) is 0 Å². The molecule has 0 radical (unpaired) electrons. The Morgan fingerprint density at radius 1 is 1.45 bits per heavy atom. The smallest absolute Gasteiger partial charge is 0.305 e. The van der Waals surface area contributed by atoms with Crippen LogP contribution in [0, 0.1) is 5.82 Å². The van der Waals surface area contributed by atoms with Crippen molar-refractivity contribution in [2.24, 2.45) is 5.73 Å². The molecule has 0 aromatic heterocycles. The number of anilines is 2. The molecule has 0 aliphatic carbocycles. The van der Waals surface area contributed by atoms with Crippen LogP contribution in [-0.2, 0) is 9.59 Å². The van der Waals surface area contributed by atoms with Crippen LogP contribution >= 0.6 is 0 Å². The van der Waals surface area contributed by atoms with Crippen LogP contribution in [0.2, 0.25) is 0 Å². The largest absolute Gasteiger partial charge is 0.481 e. The maximum Gasteiger partial charge on any atom is 0.305 e. The first-order valence-electron chi connectivity index (χ1n) is 6.24. The van der Waals surface area contributed by atoms with Gasteiger partial charge in [0.05, 0.1) is 18.7 Å². The summed E-state index contributed by atoms with van der Waals surface area (Å²) < 4.78 is 13.8. The van der Waals surface area contributed by atoms with E-state index in [-0.39, 0.29) is 18.7 Å². The number of aliphatic carboxylic acids is 1. The molecule has 0 heterocycles. The molecule has 1 rings (SSSR count). The van der Waals surface area contributed by atoms with Gasteiger partial charge in [-0.1, -0.05) is 0 Å². The van der Waals surface area contributed by atoms with E-state index in [4.69, 9.17) is 10.8 Å². The Morgan fingerprint density at radius 3 is 2.65 bits per heavy atom. The van der Waals surface area contributed by atoms with Crippen LogP contribution in [0.15, 0.2) is 18.2 Å². The fourth-order valence-electron chi connectivity index (χ4n) is 1.70. The third-order valence-electron chi connectivity index (χ3n) is 2.75. The Bertz CT molecular complexity index is 494. The Kier molecular flexibility index (Phi) is 5.92. The first-order chi connectivity index (χ1) is 9.47. The van der Waals surface area contributed by atoms with Gasteiger partial charge in [0.15, 0.2) is 0 Å². The Balaban J connectivity index is 2.83. The van der Waals surface area contributed by atoms with E-state index in [2.05, 4.69) is 5.32 Å². The van der Waals surface area contributed by atoms with Crippen LogP contribution < -0.4 is 16.0 Å². The third-order valence-corrected chi connectivity index (χ3v) is 2.75. The van der Waals surface area contributed by atoms with E-state index in [1.165, 1.54) is 12.1 Å². The molecule has 0 saturated heterocycles. The molecule has 4 N–H and O–H groups in total. The van der Waals surface area contributed by atoms with Crippen LogP contribution in [0.3, 0.4) is 0 Å². The van der Waals surface area contributed by atoms with Crippen LogP contribution in [0.4, 0.5) is 15.8 Å². The minimum absolute atomic E-state index is 0.0267. The van der Waals surface area contributed by atoms with Gasteiger partial charge in [0.2, 0.25) is 5.91 Å². The summed E-state index contributed by atoms with van der Waals surface area (Å²) >= 11 is 0. The molecule has 0 bridgehead atoms. The van der Waals surface area contributed by atoms with Gasteiger partial charge in [-0.3, -0.25) is 9.59 Å². The summed E-state index contributed by atoms with van der Waals surface area (Å²) in [6.45, 7) is 2.48. The van der Waals surface area contributed by atoms with Crippen molar-refractivity contribution in [1.82, 2.24) is 0 Å². The van der Waals surface area contributed by atoms with Crippen LogP contribution in [-0.4, -0.2) is 36.6 Å². The Morgan fingerprint density at radius 2 is 2.15 bits per heavy atom. The number of amides is 1. The molecule has 0 unspecified atom stereocenters.